The Morgan fingerprint density at radius 3 is 1.75 bits per heavy atom. The summed E-state index contributed by atoms with van der Waals surface area (Å²) in [4.78, 5) is 2.21. The Labute approximate surface area is 228 Å². The summed E-state index contributed by atoms with van der Waals surface area (Å²) in [7, 11) is 0. The molecule has 0 saturated heterocycles. The summed E-state index contributed by atoms with van der Waals surface area (Å²) in [6, 6.07) is 43.8. The summed E-state index contributed by atoms with van der Waals surface area (Å²) in [6.45, 7) is 0. The molecule has 5 aromatic carbocycles. The highest BCUT2D eigenvalue weighted by Gasteiger charge is 2.20. The molecule has 0 saturated carbocycles. The molecule has 4 heterocycles. The summed E-state index contributed by atoms with van der Waals surface area (Å²) in [6.07, 6.45) is 0. The minimum absolute atomic E-state index is 0.829. The van der Waals surface area contributed by atoms with Crippen LogP contribution >= 0.6 is 0 Å². The lowest BCUT2D eigenvalue weighted by atomic mass is 10.1. The van der Waals surface area contributed by atoms with Crippen LogP contribution in [0.4, 0.5) is 17.2 Å². The van der Waals surface area contributed by atoms with E-state index in [9.17, 15) is 0 Å². The van der Waals surface area contributed by atoms with E-state index in [1.807, 2.05) is 40.9 Å². The van der Waals surface area contributed by atoms with Gasteiger partial charge in [-0.1, -0.05) is 60.7 Å². The number of para-hydroxylation sites is 3. The highest BCUT2D eigenvalue weighted by atomic mass is 16.3. The third-order valence-corrected chi connectivity index (χ3v) is 7.79. The number of furan rings is 2. The van der Waals surface area contributed by atoms with Crippen LogP contribution in [0.25, 0.3) is 60.3 Å². The Morgan fingerprint density at radius 2 is 1.07 bits per heavy atom. The predicted octanol–water partition coefficient (Wildman–Crippen LogP) is 9.76. The van der Waals surface area contributed by atoms with Crippen LogP contribution in [0.5, 0.6) is 0 Å². The van der Waals surface area contributed by atoms with Gasteiger partial charge in [0, 0.05) is 44.4 Å². The molecule has 5 heteroatoms. The van der Waals surface area contributed by atoms with Crippen LogP contribution in [0.3, 0.4) is 0 Å². The van der Waals surface area contributed by atoms with E-state index in [2.05, 4.69) is 95.9 Å². The molecule has 0 bridgehead atoms. The molecule has 0 aliphatic carbocycles. The molecule has 5 nitrogen and oxygen atoms in total. The Morgan fingerprint density at radius 1 is 0.500 bits per heavy atom. The smallest absolute Gasteiger partial charge is 0.160 e. The van der Waals surface area contributed by atoms with E-state index in [0.717, 1.165) is 77.5 Å². The molecule has 0 fully saturated rings. The predicted molar refractivity (Wildman–Crippen MR) is 162 cm³/mol. The maximum absolute atomic E-state index is 6.14. The second kappa shape index (κ2) is 7.98. The number of aromatic nitrogens is 2. The SMILES string of the molecule is c1ccc2c(c1)ccc1cc(N(c3ccc4oc5ccccc5c4c3)c3ccc4oc5ccccc5c4c3)nn12. The van der Waals surface area contributed by atoms with E-state index in [-0.39, 0.29) is 0 Å². The third-order valence-electron chi connectivity index (χ3n) is 7.79. The van der Waals surface area contributed by atoms with Gasteiger partial charge in [0.1, 0.15) is 22.3 Å². The molecule has 0 aliphatic heterocycles. The van der Waals surface area contributed by atoms with Gasteiger partial charge < -0.3 is 8.83 Å². The fraction of sp³-hybridized carbons (Fsp3) is 0. The van der Waals surface area contributed by atoms with Crippen molar-refractivity contribution >= 4 is 77.5 Å². The lowest BCUT2D eigenvalue weighted by Gasteiger charge is -2.23. The van der Waals surface area contributed by atoms with Crippen LogP contribution in [-0.2, 0) is 0 Å². The van der Waals surface area contributed by atoms with Gasteiger partial charge in [0.05, 0.1) is 11.0 Å². The Kier molecular flexibility index (Phi) is 4.27. The van der Waals surface area contributed by atoms with Crippen molar-refractivity contribution in [2.24, 2.45) is 0 Å². The zero-order valence-corrected chi connectivity index (χ0v) is 21.3. The molecule has 0 aliphatic rings. The van der Waals surface area contributed by atoms with Crippen LogP contribution in [0.15, 0.2) is 136 Å². The van der Waals surface area contributed by atoms with E-state index in [1.165, 1.54) is 0 Å². The molecular weight excluding hydrogens is 494 g/mol. The van der Waals surface area contributed by atoms with E-state index in [1.54, 1.807) is 0 Å². The standard InChI is InChI=1S/C35H21N3O2/c1-4-10-30-22(7-1)13-14-25-21-35(36-38(25)30)37(23-15-17-33-28(19-23)26-8-2-5-11-31(26)39-33)24-16-18-34-29(20-24)27-9-3-6-12-32(27)40-34/h1-21H. The van der Waals surface area contributed by atoms with E-state index < -0.39 is 0 Å². The maximum atomic E-state index is 6.14. The largest absolute Gasteiger partial charge is 0.456 e. The van der Waals surface area contributed by atoms with Crippen molar-refractivity contribution in [3.8, 4) is 0 Å². The van der Waals surface area contributed by atoms with Crippen molar-refractivity contribution < 1.29 is 8.83 Å². The molecule has 188 valence electrons. The molecule has 4 aromatic heterocycles. The lowest BCUT2D eigenvalue weighted by Crippen LogP contribution is -2.10. The first-order valence-corrected chi connectivity index (χ1v) is 13.3. The number of benzene rings is 5. The van der Waals surface area contributed by atoms with E-state index >= 15 is 0 Å². The number of rotatable bonds is 3. The number of hydrogen-bond acceptors (Lipinski definition) is 4. The van der Waals surface area contributed by atoms with Crippen molar-refractivity contribution in [1.29, 1.82) is 0 Å². The molecule has 0 N–H and O–H groups in total. The van der Waals surface area contributed by atoms with Gasteiger partial charge in [-0.3, -0.25) is 4.90 Å². The normalized spacial score (nSPS) is 12.0. The van der Waals surface area contributed by atoms with Crippen LogP contribution in [0.2, 0.25) is 0 Å². The molecule has 40 heavy (non-hydrogen) atoms. The molecule has 9 rings (SSSR count). The highest BCUT2D eigenvalue weighted by molar-refractivity contribution is 6.08. The van der Waals surface area contributed by atoms with Gasteiger partial charge in [-0.2, -0.15) is 0 Å². The topological polar surface area (TPSA) is 46.8 Å². The number of pyridine rings is 1. The summed E-state index contributed by atoms with van der Waals surface area (Å²) in [5, 5.41) is 10.6. The molecule has 0 unspecified atom stereocenters. The number of hydrogen-bond donors (Lipinski definition) is 0. The fourth-order valence-corrected chi connectivity index (χ4v) is 5.92. The second-order valence-corrected chi connectivity index (χ2v) is 10.1. The maximum Gasteiger partial charge on any atom is 0.160 e. The average Bonchev–Trinajstić information content (AvgIpc) is 3.70. The number of anilines is 3. The quantitative estimate of drug-likeness (QED) is 0.235. The van der Waals surface area contributed by atoms with Crippen molar-refractivity contribution in [3.63, 3.8) is 0 Å². The minimum atomic E-state index is 0.829. The fourth-order valence-electron chi connectivity index (χ4n) is 5.92. The Hall–Kier alpha value is -5.55. The lowest BCUT2D eigenvalue weighted by molar-refractivity contribution is 0.668. The first-order valence-electron chi connectivity index (χ1n) is 13.3. The molecular formula is C35H21N3O2. The molecule has 0 atom stereocenters. The second-order valence-electron chi connectivity index (χ2n) is 10.1. The van der Waals surface area contributed by atoms with E-state index in [4.69, 9.17) is 13.9 Å². The summed E-state index contributed by atoms with van der Waals surface area (Å²) in [5.41, 5.74) is 7.59. The van der Waals surface area contributed by atoms with Crippen molar-refractivity contribution in [2.75, 3.05) is 4.90 Å². The first kappa shape index (κ1) is 21.4. The van der Waals surface area contributed by atoms with Gasteiger partial charge in [-0.15, -0.1) is 5.10 Å². The molecule has 0 radical (unpaired) electrons. The zero-order valence-electron chi connectivity index (χ0n) is 21.3. The third kappa shape index (κ3) is 3.06. The Bertz CT molecular complexity index is 2280. The van der Waals surface area contributed by atoms with Gasteiger partial charge in [0.25, 0.3) is 0 Å². The van der Waals surface area contributed by atoms with Gasteiger partial charge in [0.15, 0.2) is 5.82 Å². The van der Waals surface area contributed by atoms with Crippen molar-refractivity contribution in [3.05, 3.63) is 127 Å². The van der Waals surface area contributed by atoms with Crippen LogP contribution < -0.4 is 4.90 Å². The minimum Gasteiger partial charge on any atom is -0.456 e. The highest BCUT2D eigenvalue weighted by Crippen LogP contribution is 2.41. The monoisotopic (exact) mass is 515 g/mol. The first-order chi connectivity index (χ1) is 19.8. The van der Waals surface area contributed by atoms with Crippen molar-refractivity contribution in [2.45, 2.75) is 0 Å². The van der Waals surface area contributed by atoms with Gasteiger partial charge in [0.2, 0.25) is 0 Å². The van der Waals surface area contributed by atoms with Crippen molar-refractivity contribution in [1.82, 2.24) is 9.61 Å². The van der Waals surface area contributed by atoms with Gasteiger partial charge in [-0.05, 0) is 60.7 Å². The molecule has 0 spiro atoms. The zero-order chi connectivity index (χ0) is 26.2. The van der Waals surface area contributed by atoms with Gasteiger partial charge >= 0.3 is 0 Å². The number of fused-ring (bicyclic) bond motifs is 9. The van der Waals surface area contributed by atoms with E-state index in [0.29, 0.717) is 0 Å². The molecule has 9 aromatic rings. The van der Waals surface area contributed by atoms with Crippen LogP contribution in [-0.4, -0.2) is 9.61 Å². The molecule has 0 amide bonds. The average molecular weight is 516 g/mol. The number of nitrogens with zero attached hydrogens (tertiary/aromatic N) is 3. The summed E-state index contributed by atoms with van der Waals surface area (Å²) < 4.78 is 14.3. The van der Waals surface area contributed by atoms with Crippen LogP contribution in [0.1, 0.15) is 0 Å². The summed E-state index contributed by atoms with van der Waals surface area (Å²) in [5.74, 6) is 0.829. The summed E-state index contributed by atoms with van der Waals surface area (Å²) >= 11 is 0. The van der Waals surface area contributed by atoms with Crippen LogP contribution in [0, 0.1) is 0 Å². The Balaban J connectivity index is 1.32. The van der Waals surface area contributed by atoms with Gasteiger partial charge in [-0.25, -0.2) is 4.52 Å².